The summed E-state index contributed by atoms with van der Waals surface area (Å²) in [5, 5.41) is 3.94. The molecule has 0 aliphatic carbocycles. The summed E-state index contributed by atoms with van der Waals surface area (Å²) in [5.74, 6) is 0.667. The van der Waals surface area contributed by atoms with Gasteiger partial charge < -0.3 is 14.8 Å². The lowest BCUT2D eigenvalue weighted by Crippen LogP contribution is -2.45. The highest BCUT2D eigenvalue weighted by Gasteiger charge is 2.07. The van der Waals surface area contributed by atoms with E-state index in [0.717, 1.165) is 11.4 Å². The maximum Gasteiger partial charge on any atom is 0.276 e. The molecule has 132 valence electrons. The van der Waals surface area contributed by atoms with Crippen LogP contribution in [0.2, 0.25) is 10.0 Å². The van der Waals surface area contributed by atoms with Crippen molar-refractivity contribution in [3.8, 4) is 11.5 Å². The minimum absolute atomic E-state index is 0.225. The molecule has 3 N–H and O–H groups in total. The van der Waals surface area contributed by atoms with E-state index in [1.54, 1.807) is 43.5 Å². The van der Waals surface area contributed by atoms with Crippen LogP contribution in [0.15, 0.2) is 42.5 Å². The smallest absolute Gasteiger partial charge is 0.276 e. The number of nitrogens with one attached hydrogen (secondary N) is 3. The third-order valence-corrected chi connectivity index (χ3v) is 3.65. The monoisotopic (exact) mass is 399 g/mol. The Morgan fingerprint density at radius 2 is 1.84 bits per heavy atom. The Kier molecular flexibility index (Phi) is 7.12. The van der Waals surface area contributed by atoms with E-state index in [9.17, 15) is 4.79 Å². The van der Waals surface area contributed by atoms with Gasteiger partial charge in [0.2, 0.25) is 0 Å². The van der Waals surface area contributed by atoms with Crippen LogP contribution in [-0.4, -0.2) is 24.7 Å². The van der Waals surface area contributed by atoms with Crippen molar-refractivity contribution in [1.82, 2.24) is 10.9 Å². The predicted molar refractivity (Wildman–Crippen MR) is 102 cm³/mol. The van der Waals surface area contributed by atoms with E-state index in [-0.39, 0.29) is 11.7 Å². The molecule has 0 atom stereocenters. The average molecular weight is 400 g/mol. The molecule has 0 fully saturated rings. The molecular weight excluding hydrogens is 385 g/mol. The number of carbonyl (C=O) groups excluding carboxylic acids is 1. The highest BCUT2D eigenvalue weighted by molar-refractivity contribution is 7.80. The summed E-state index contributed by atoms with van der Waals surface area (Å²) in [4.78, 5) is 11.8. The maximum absolute atomic E-state index is 11.8. The number of thiocarbonyl (C=S) groups is 1. The lowest BCUT2D eigenvalue weighted by molar-refractivity contribution is -0.123. The summed E-state index contributed by atoms with van der Waals surface area (Å²) in [7, 11) is 1.59. The van der Waals surface area contributed by atoms with Gasteiger partial charge in [-0.25, -0.2) is 0 Å². The maximum atomic E-state index is 11.8. The van der Waals surface area contributed by atoms with Gasteiger partial charge in [0.05, 0.1) is 12.1 Å². The van der Waals surface area contributed by atoms with Gasteiger partial charge in [-0.05, 0) is 54.7 Å². The van der Waals surface area contributed by atoms with E-state index in [4.69, 9.17) is 44.9 Å². The number of rotatable bonds is 5. The molecule has 0 aliphatic heterocycles. The second-order valence-corrected chi connectivity index (χ2v) is 5.97. The topological polar surface area (TPSA) is 71.6 Å². The van der Waals surface area contributed by atoms with Crippen molar-refractivity contribution in [3.63, 3.8) is 0 Å². The van der Waals surface area contributed by atoms with Gasteiger partial charge >= 0.3 is 0 Å². The fourth-order valence-corrected chi connectivity index (χ4v) is 2.37. The van der Waals surface area contributed by atoms with Gasteiger partial charge in [-0.1, -0.05) is 23.2 Å². The van der Waals surface area contributed by atoms with E-state index in [0.29, 0.717) is 15.8 Å². The number of hydrogen-bond donors (Lipinski definition) is 3. The van der Waals surface area contributed by atoms with Crippen LogP contribution in [0.25, 0.3) is 0 Å². The molecule has 0 spiro atoms. The molecule has 0 unspecified atom stereocenters. The first-order chi connectivity index (χ1) is 12.0. The minimum atomic E-state index is -0.426. The van der Waals surface area contributed by atoms with Gasteiger partial charge in [-0.15, -0.1) is 0 Å². The highest BCUT2D eigenvalue weighted by atomic mass is 35.5. The van der Waals surface area contributed by atoms with Crippen molar-refractivity contribution >= 4 is 52.1 Å². The molecule has 25 heavy (non-hydrogen) atoms. The number of ether oxygens (including phenoxy) is 2. The van der Waals surface area contributed by atoms with Gasteiger partial charge in [0.1, 0.15) is 11.5 Å². The van der Waals surface area contributed by atoms with Crippen molar-refractivity contribution in [1.29, 1.82) is 0 Å². The molecule has 2 aromatic carbocycles. The number of halogens is 2. The van der Waals surface area contributed by atoms with Crippen LogP contribution in [-0.2, 0) is 4.79 Å². The van der Waals surface area contributed by atoms with Crippen LogP contribution in [0.3, 0.4) is 0 Å². The van der Waals surface area contributed by atoms with Gasteiger partial charge in [0.25, 0.3) is 5.91 Å². The number of carbonyl (C=O) groups is 1. The van der Waals surface area contributed by atoms with Crippen LogP contribution in [0.4, 0.5) is 5.69 Å². The Morgan fingerprint density at radius 3 is 2.48 bits per heavy atom. The molecule has 0 radical (unpaired) electrons. The van der Waals surface area contributed by atoms with Crippen LogP contribution < -0.4 is 25.6 Å². The van der Waals surface area contributed by atoms with Crippen molar-refractivity contribution in [2.45, 2.75) is 0 Å². The fourth-order valence-electron chi connectivity index (χ4n) is 1.73. The molecule has 2 aromatic rings. The Balaban J connectivity index is 1.74. The van der Waals surface area contributed by atoms with E-state index in [2.05, 4.69) is 16.2 Å². The standard InChI is InChI=1S/C16H15Cl2N3O3S/c1-23-12-5-3-11(4-6-12)19-16(25)21-20-15(22)9-24-14-7-2-10(17)8-13(14)18/h2-8H,9H2,1H3,(H,20,22)(H2,19,21,25). The molecule has 0 aliphatic rings. The molecule has 0 aromatic heterocycles. The quantitative estimate of drug-likeness (QED) is 0.528. The number of methoxy groups -OCH3 is 1. The molecule has 0 saturated heterocycles. The molecule has 0 heterocycles. The van der Waals surface area contributed by atoms with Crippen molar-refractivity contribution in [2.75, 3.05) is 19.0 Å². The first kappa shape index (κ1) is 19.1. The van der Waals surface area contributed by atoms with E-state index in [1.165, 1.54) is 6.07 Å². The summed E-state index contributed by atoms with van der Waals surface area (Å²) in [6, 6.07) is 11.9. The summed E-state index contributed by atoms with van der Waals surface area (Å²) >= 11 is 16.8. The molecular formula is C16H15Cl2N3O3S. The predicted octanol–water partition coefficient (Wildman–Crippen LogP) is 3.40. The largest absolute Gasteiger partial charge is 0.497 e. The third-order valence-electron chi connectivity index (χ3n) is 2.92. The molecule has 0 bridgehead atoms. The molecule has 6 nitrogen and oxygen atoms in total. The summed E-state index contributed by atoms with van der Waals surface area (Å²) in [6.45, 7) is -0.237. The fraction of sp³-hybridized carbons (Fsp3) is 0.125. The van der Waals surface area contributed by atoms with Crippen molar-refractivity contribution < 1.29 is 14.3 Å². The van der Waals surface area contributed by atoms with Crippen LogP contribution in [0.1, 0.15) is 0 Å². The van der Waals surface area contributed by atoms with Crippen LogP contribution >= 0.6 is 35.4 Å². The SMILES string of the molecule is COc1ccc(NC(=S)NNC(=O)COc2ccc(Cl)cc2Cl)cc1. The Bertz CT molecular complexity index is 757. The van der Waals surface area contributed by atoms with Crippen LogP contribution in [0.5, 0.6) is 11.5 Å². The van der Waals surface area contributed by atoms with Crippen LogP contribution in [0, 0.1) is 0 Å². The average Bonchev–Trinajstić information content (AvgIpc) is 2.60. The molecule has 1 amide bonds. The Hall–Kier alpha value is -2.22. The van der Waals surface area contributed by atoms with E-state index < -0.39 is 5.91 Å². The van der Waals surface area contributed by atoms with Crippen molar-refractivity contribution in [2.24, 2.45) is 0 Å². The van der Waals surface area contributed by atoms with Gasteiger partial charge in [-0.3, -0.25) is 15.6 Å². The van der Waals surface area contributed by atoms with Gasteiger partial charge in [0, 0.05) is 10.7 Å². The number of amides is 1. The number of benzene rings is 2. The molecule has 9 heteroatoms. The highest BCUT2D eigenvalue weighted by Crippen LogP contribution is 2.27. The number of hydrazine groups is 1. The van der Waals surface area contributed by atoms with Gasteiger partial charge in [-0.2, -0.15) is 0 Å². The normalized spacial score (nSPS) is 9.88. The minimum Gasteiger partial charge on any atom is -0.497 e. The van der Waals surface area contributed by atoms with E-state index >= 15 is 0 Å². The summed E-state index contributed by atoms with van der Waals surface area (Å²) in [5.41, 5.74) is 5.74. The second kappa shape index (κ2) is 9.31. The summed E-state index contributed by atoms with van der Waals surface area (Å²) in [6.07, 6.45) is 0. The first-order valence-corrected chi connectivity index (χ1v) is 8.22. The first-order valence-electron chi connectivity index (χ1n) is 7.05. The van der Waals surface area contributed by atoms with E-state index in [1.807, 2.05) is 0 Å². The summed E-state index contributed by atoms with van der Waals surface area (Å²) < 4.78 is 10.4. The third kappa shape index (κ3) is 6.30. The molecule has 0 saturated carbocycles. The Morgan fingerprint density at radius 1 is 1.12 bits per heavy atom. The number of hydrogen-bond acceptors (Lipinski definition) is 4. The van der Waals surface area contributed by atoms with Crippen molar-refractivity contribution in [3.05, 3.63) is 52.5 Å². The molecule has 2 rings (SSSR count). The second-order valence-electron chi connectivity index (χ2n) is 4.72. The lowest BCUT2D eigenvalue weighted by atomic mass is 10.3. The zero-order chi connectivity index (χ0) is 18.2. The van der Waals surface area contributed by atoms with Gasteiger partial charge in [0.15, 0.2) is 11.7 Å². The zero-order valence-corrected chi connectivity index (χ0v) is 15.5. The lowest BCUT2D eigenvalue weighted by Gasteiger charge is -2.12. The Labute approximate surface area is 160 Å². The zero-order valence-electron chi connectivity index (χ0n) is 13.1. The number of anilines is 1.